The minimum Gasteiger partial charge on any atom is -0.436 e. The smallest absolute Gasteiger partial charge is 0.261 e. The van der Waals surface area contributed by atoms with Gasteiger partial charge in [-0.1, -0.05) is 0 Å². The fraction of sp³-hybridized carbons (Fsp3) is 0.450. The molecule has 2 bridgehead atoms. The van der Waals surface area contributed by atoms with Crippen LogP contribution in [0.1, 0.15) is 37.0 Å². The van der Waals surface area contributed by atoms with Crippen LogP contribution in [0, 0.1) is 5.92 Å². The number of carbonyl (C=O) groups is 2. The van der Waals surface area contributed by atoms with Crippen LogP contribution in [0.4, 0.5) is 5.88 Å². The van der Waals surface area contributed by atoms with Crippen LogP contribution in [-0.4, -0.2) is 47.0 Å². The summed E-state index contributed by atoms with van der Waals surface area (Å²) in [5, 5.41) is 9.44. The molecule has 0 unspecified atom stereocenters. The van der Waals surface area contributed by atoms with Crippen molar-refractivity contribution in [2.75, 3.05) is 18.4 Å². The number of nitrogens with zero attached hydrogens (tertiary/aromatic N) is 2. The summed E-state index contributed by atoms with van der Waals surface area (Å²) in [5.41, 5.74) is 0.593. The van der Waals surface area contributed by atoms with E-state index in [2.05, 4.69) is 27.6 Å². The van der Waals surface area contributed by atoms with Gasteiger partial charge in [-0.2, -0.15) is 0 Å². The predicted octanol–water partition coefficient (Wildman–Crippen LogP) is 2.64. The van der Waals surface area contributed by atoms with Crippen molar-refractivity contribution in [1.29, 1.82) is 0 Å². The van der Waals surface area contributed by atoms with E-state index in [1.54, 1.807) is 24.3 Å². The molecule has 1 aromatic carbocycles. The topological polar surface area (TPSA) is 96.7 Å². The maximum atomic E-state index is 12.7. The highest BCUT2D eigenvalue weighted by Crippen LogP contribution is 2.32. The lowest BCUT2D eigenvalue weighted by Crippen LogP contribution is -2.62. The number of benzene rings is 1. The van der Waals surface area contributed by atoms with E-state index in [1.165, 1.54) is 13.0 Å². The van der Waals surface area contributed by atoms with Gasteiger partial charge in [-0.25, -0.2) is 0 Å². The van der Waals surface area contributed by atoms with E-state index in [0.29, 0.717) is 23.3 Å². The van der Waals surface area contributed by atoms with Crippen LogP contribution in [0.25, 0.3) is 0 Å². The summed E-state index contributed by atoms with van der Waals surface area (Å²) >= 11 is 0. The van der Waals surface area contributed by atoms with E-state index in [9.17, 15) is 9.59 Å². The lowest BCUT2D eigenvalue weighted by molar-refractivity contribution is -0.114. The molecule has 8 heteroatoms. The first kappa shape index (κ1) is 18.5. The Labute approximate surface area is 163 Å². The van der Waals surface area contributed by atoms with E-state index in [0.717, 1.165) is 25.9 Å². The molecule has 2 aromatic rings. The van der Waals surface area contributed by atoms with Crippen LogP contribution < -0.4 is 15.4 Å². The molecular weight excluding hydrogens is 360 g/mol. The molecule has 0 aliphatic carbocycles. The molecule has 2 atom stereocenters. The fourth-order valence-electron chi connectivity index (χ4n) is 4.11. The van der Waals surface area contributed by atoms with Crippen molar-refractivity contribution >= 4 is 17.7 Å². The summed E-state index contributed by atoms with van der Waals surface area (Å²) in [6.07, 6.45) is 2.31. The zero-order chi connectivity index (χ0) is 19.7. The molecule has 2 amide bonds. The molecule has 0 spiro atoms. The van der Waals surface area contributed by atoms with E-state index in [1.807, 2.05) is 0 Å². The molecule has 5 rings (SSSR count). The number of hydrogen-bond donors (Lipinski definition) is 2. The third-order valence-electron chi connectivity index (χ3n) is 5.60. The number of fused-ring (bicyclic) bond motifs is 3. The highest BCUT2D eigenvalue weighted by atomic mass is 16.5. The molecule has 1 aromatic heterocycles. The number of anilines is 1. The van der Waals surface area contributed by atoms with E-state index >= 15 is 0 Å². The van der Waals surface area contributed by atoms with E-state index < -0.39 is 0 Å². The Morgan fingerprint density at radius 1 is 1.21 bits per heavy atom. The SMILES string of the molecule is CC(=O)Nc1cc(Oc2ccc(C(=O)N[C@@H]3C4CCN(CC4)[C@@H]3C)cc2)no1. The zero-order valence-electron chi connectivity index (χ0n) is 16.0. The van der Waals surface area contributed by atoms with Gasteiger partial charge >= 0.3 is 0 Å². The zero-order valence-corrected chi connectivity index (χ0v) is 16.0. The number of hydrogen-bond acceptors (Lipinski definition) is 6. The largest absolute Gasteiger partial charge is 0.436 e. The Bertz CT molecular complexity index is 853. The van der Waals surface area contributed by atoms with Gasteiger partial charge in [0.25, 0.3) is 11.8 Å². The van der Waals surface area contributed by atoms with Crippen LogP contribution in [-0.2, 0) is 4.79 Å². The second-order valence-corrected chi connectivity index (χ2v) is 7.45. The molecule has 3 aliphatic heterocycles. The summed E-state index contributed by atoms with van der Waals surface area (Å²) in [6, 6.07) is 8.94. The second-order valence-electron chi connectivity index (χ2n) is 7.45. The molecule has 8 nitrogen and oxygen atoms in total. The first-order valence-electron chi connectivity index (χ1n) is 9.57. The first-order valence-corrected chi connectivity index (χ1v) is 9.57. The third-order valence-corrected chi connectivity index (χ3v) is 5.60. The van der Waals surface area contributed by atoms with Crippen molar-refractivity contribution in [2.45, 2.75) is 38.8 Å². The fourth-order valence-corrected chi connectivity index (χ4v) is 4.11. The van der Waals surface area contributed by atoms with Gasteiger partial charge in [0.1, 0.15) is 5.75 Å². The number of rotatable bonds is 5. The van der Waals surface area contributed by atoms with Gasteiger partial charge < -0.3 is 14.6 Å². The minimum atomic E-state index is -0.254. The molecule has 3 fully saturated rings. The monoisotopic (exact) mass is 384 g/mol. The maximum absolute atomic E-state index is 12.7. The Kier molecular flexibility index (Phi) is 5.04. The molecule has 3 saturated heterocycles. The van der Waals surface area contributed by atoms with Gasteiger partial charge in [-0.3, -0.25) is 19.8 Å². The van der Waals surface area contributed by atoms with Crippen LogP contribution in [0.2, 0.25) is 0 Å². The minimum absolute atomic E-state index is 0.0634. The van der Waals surface area contributed by atoms with Gasteiger partial charge in [0.15, 0.2) is 0 Å². The van der Waals surface area contributed by atoms with Crippen molar-refractivity contribution in [3.63, 3.8) is 0 Å². The van der Waals surface area contributed by atoms with Crippen molar-refractivity contribution in [3.8, 4) is 11.6 Å². The molecular formula is C20H24N4O4. The summed E-state index contributed by atoms with van der Waals surface area (Å²) in [5.74, 6) is 1.21. The highest BCUT2D eigenvalue weighted by molar-refractivity contribution is 5.94. The Balaban J connectivity index is 1.37. The number of carbonyl (C=O) groups excluding carboxylic acids is 2. The van der Waals surface area contributed by atoms with Gasteiger partial charge in [-0.05, 0) is 68.2 Å². The second kappa shape index (κ2) is 7.63. The predicted molar refractivity (Wildman–Crippen MR) is 102 cm³/mol. The number of aromatic nitrogens is 1. The van der Waals surface area contributed by atoms with E-state index in [-0.39, 0.29) is 29.6 Å². The average molecular weight is 384 g/mol. The molecule has 148 valence electrons. The van der Waals surface area contributed by atoms with Gasteiger partial charge in [0, 0.05) is 24.6 Å². The third kappa shape index (κ3) is 3.87. The summed E-state index contributed by atoms with van der Waals surface area (Å²) in [6.45, 7) is 5.84. The molecule has 28 heavy (non-hydrogen) atoms. The first-order chi connectivity index (χ1) is 13.5. The number of ether oxygens (including phenoxy) is 1. The van der Waals surface area contributed by atoms with Crippen molar-refractivity contribution in [2.24, 2.45) is 5.92 Å². The lowest BCUT2D eigenvalue weighted by atomic mass is 9.79. The Morgan fingerprint density at radius 2 is 1.93 bits per heavy atom. The molecule has 0 saturated carbocycles. The summed E-state index contributed by atoms with van der Waals surface area (Å²) < 4.78 is 10.5. The maximum Gasteiger partial charge on any atom is 0.261 e. The van der Waals surface area contributed by atoms with Gasteiger partial charge in [0.05, 0.1) is 6.07 Å². The summed E-state index contributed by atoms with van der Waals surface area (Å²) in [7, 11) is 0. The van der Waals surface area contributed by atoms with Gasteiger partial charge in [0.2, 0.25) is 11.8 Å². The molecule has 3 aliphatic rings. The highest BCUT2D eigenvalue weighted by Gasteiger charge is 2.40. The number of piperidine rings is 3. The Morgan fingerprint density at radius 3 is 2.57 bits per heavy atom. The number of amides is 2. The van der Waals surface area contributed by atoms with Crippen LogP contribution in [0.3, 0.4) is 0 Å². The van der Waals surface area contributed by atoms with Crippen molar-refractivity contribution < 1.29 is 18.8 Å². The van der Waals surface area contributed by atoms with Crippen LogP contribution >= 0.6 is 0 Å². The molecule has 4 heterocycles. The molecule has 0 radical (unpaired) electrons. The Hall–Kier alpha value is -2.87. The van der Waals surface area contributed by atoms with Crippen molar-refractivity contribution in [3.05, 3.63) is 35.9 Å². The van der Waals surface area contributed by atoms with Crippen LogP contribution in [0.5, 0.6) is 11.6 Å². The lowest BCUT2D eigenvalue weighted by Gasteiger charge is -2.49. The van der Waals surface area contributed by atoms with Crippen molar-refractivity contribution in [1.82, 2.24) is 15.4 Å². The quantitative estimate of drug-likeness (QED) is 0.823. The van der Waals surface area contributed by atoms with Gasteiger partial charge in [-0.15, -0.1) is 0 Å². The van der Waals surface area contributed by atoms with E-state index in [4.69, 9.17) is 9.26 Å². The van der Waals surface area contributed by atoms with Crippen LogP contribution in [0.15, 0.2) is 34.9 Å². The normalized spacial score (nSPS) is 25.9. The average Bonchev–Trinajstić information content (AvgIpc) is 3.11. The number of nitrogens with one attached hydrogen (secondary N) is 2. The molecule has 2 N–H and O–H groups in total. The summed E-state index contributed by atoms with van der Waals surface area (Å²) in [4.78, 5) is 26.1. The standard InChI is InChI=1S/C20H24N4O4/c1-12-19(14-7-9-24(12)10-8-14)22-20(26)15-3-5-16(6-4-15)27-18-11-17(28-23-18)21-13(2)25/h3-6,11-12,14,19H,7-10H2,1-2H3,(H,21,25)(H,22,26)/t12-,19+/m1/s1.